The lowest BCUT2D eigenvalue weighted by atomic mass is 10.1. The number of aryl methyl sites for hydroxylation is 1. The van der Waals surface area contributed by atoms with Gasteiger partial charge in [0.2, 0.25) is 0 Å². The third-order valence-corrected chi connectivity index (χ3v) is 4.89. The van der Waals surface area contributed by atoms with Crippen LogP contribution in [0.15, 0.2) is 66.9 Å². The van der Waals surface area contributed by atoms with Crippen LogP contribution in [0.3, 0.4) is 0 Å². The zero-order chi connectivity index (χ0) is 19.8. The van der Waals surface area contributed by atoms with Gasteiger partial charge in [-0.3, -0.25) is 4.90 Å². The van der Waals surface area contributed by atoms with Crippen molar-refractivity contribution in [3.05, 3.63) is 95.1 Å². The maximum Gasteiger partial charge on any atom is 0.123 e. The van der Waals surface area contributed by atoms with Crippen LogP contribution in [-0.2, 0) is 24.4 Å². The Hall–Kier alpha value is -2.43. The number of rotatable bonds is 10. The normalized spacial score (nSPS) is 11.3. The molecule has 0 bridgehead atoms. The van der Waals surface area contributed by atoms with E-state index in [9.17, 15) is 4.39 Å². The molecule has 0 aliphatic carbocycles. The highest BCUT2D eigenvalue weighted by molar-refractivity contribution is 5.23. The second-order valence-corrected chi connectivity index (χ2v) is 7.30. The first-order valence-electron chi connectivity index (χ1n) is 9.79. The molecule has 0 aliphatic heterocycles. The molecule has 2 aromatic carbocycles. The van der Waals surface area contributed by atoms with Crippen LogP contribution in [0.1, 0.15) is 28.8 Å². The SMILES string of the molecule is COCCCN(Cc1ccc(F)cc1)Cc1cccn1Cc1cccc(C)c1. The van der Waals surface area contributed by atoms with Crippen LogP contribution in [0, 0.1) is 12.7 Å². The molecule has 1 heterocycles. The molecule has 4 heteroatoms. The highest BCUT2D eigenvalue weighted by Crippen LogP contribution is 2.15. The van der Waals surface area contributed by atoms with Gasteiger partial charge in [-0.1, -0.05) is 42.0 Å². The lowest BCUT2D eigenvalue weighted by molar-refractivity contribution is 0.165. The van der Waals surface area contributed by atoms with Crippen LogP contribution < -0.4 is 0 Å². The van der Waals surface area contributed by atoms with Gasteiger partial charge in [-0.05, 0) is 48.7 Å². The van der Waals surface area contributed by atoms with Gasteiger partial charge >= 0.3 is 0 Å². The Morgan fingerprint density at radius 1 is 0.964 bits per heavy atom. The summed E-state index contributed by atoms with van der Waals surface area (Å²) in [6.45, 7) is 6.30. The first-order valence-corrected chi connectivity index (χ1v) is 9.79. The Balaban J connectivity index is 1.71. The molecule has 0 amide bonds. The number of halogens is 1. The second-order valence-electron chi connectivity index (χ2n) is 7.30. The fourth-order valence-electron chi connectivity index (χ4n) is 3.48. The molecule has 148 valence electrons. The molecular weight excluding hydrogens is 351 g/mol. The quantitative estimate of drug-likeness (QED) is 0.459. The zero-order valence-electron chi connectivity index (χ0n) is 16.8. The maximum atomic E-state index is 13.2. The number of benzene rings is 2. The average Bonchev–Trinajstić information content (AvgIpc) is 3.10. The van der Waals surface area contributed by atoms with Crippen molar-refractivity contribution in [1.82, 2.24) is 9.47 Å². The molecule has 0 aliphatic rings. The highest BCUT2D eigenvalue weighted by Gasteiger charge is 2.11. The van der Waals surface area contributed by atoms with Crippen molar-refractivity contribution in [2.45, 2.75) is 33.0 Å². The van der Waals surface area contributed by atoms with E-state index < -0.39 is 0 Å². The third-order valence-electron chi connectivity index (χ3n) is 4.89. The van der Waals surface area contributed by atoms with Crippen LogP contribution in [0.4, 0.5) is 4.39 Å². The van der Waals surface area contributed by atoms with E-state index in [4.69, 9.17) is 4.74 Å². The number of hydrogen-bond acceptors (Lipinski definition) is 2. The Morgan fingerprint density at radius 2 is 1.79 bits per heavy atom. The Kier molecular flexibility index (Phi) is 7.40. The monoisotopic (exact) mass is 380 g/mol. The molecule has 28 heavy (non-hydrogen) atoms. The predicted molar refractivity (Wildman–Crippen MR) is 112 cm³/mol. The van der Waals surface area contributed by atoms with Gasteiger partial charge in [-0.2, -0.15) is 0 Å². The first-order chi connectivity index (χ1) is 13.6. The van der Waals surface area contributed by atoms with E-state index in [1.54, 1.807) is 7.11 Å². The van der Waals surface area contributed by atoms with E-state index >= 15 is 0 Å². The fraction of sp³-hybridized carbons (Fsp3) is 0.333. The van der Waals surface area contributed by atoms with Crippen molar-refractivity contribution in [3.63, 3.8) is 0 Å². The summed E-state index contributed by atoms with van der Waals surface area (Å²) in [6, 6.07) is 19.7. The summed E-state index contributed by atoms with van der Waals surface area (Å²) in [5, 5.41) is 0. The van der Waals surface area contributed by atoms with Crippen molar-refractivity contribution in [2.24, 2.45) is 0 Å². The second kappa shape index (κ2) is 10.2. The van der Waals surface area contributed by atoms with E-state index in [0.29, 0.717) is 0 Å². The largest absolute Gasteiger partial charge is 0.385 e. The molecule has 0 unspecified atom stereocenters. The number of ether oxygens (including phenoxy) is 1. The minimum atomic E-state index is -0.193. The summed E-state index contributed by atoms with van der Waals surface area (Å²) >= 11 is 0. The number of methoxy groups -OCH3 is 1. The molecule has 3 nitrogen and oxygen atoms in total. The maximum absolute atomic E-state index is 13.2. The zero-order valence-corrected chi connectivity index (χ0v) is 16.8. The molecule has 0 saturated heterocycles. The molecule has 0 spiro atoms. The van der Waals surface area contributed by atoms with Crippen molar-refractivity contribution < 1.29 is 9.13 Å². The van der Waals surface area contributed by atoms with Gasteiger partial charge in [0.15, 0.2) is 0 Å². The average molecular weight is 381 g/mol. The van der Waals surface area contributed by atoms with Crippen LogP contribution in [0.5, 0.6) is 0 Å². The minimum Gasteiger partial charge on any atom is -0.385 e. The standard InChI is InChI=1S/C24H29FN2O/c1-20-6-3-7-22(16-20)18-27-14-4-8-24(27)19-26(13-5-15-28-2)17-21-9-11-23(25)12-10-21/h3-4,6-12,14,16H,5,13,15,17-19H2,1-2H3. The van der Waals surface area contributed by atoms with Crippen LogP contribution in [0.25, 0.3) is 0 Å². The number of nitrogens with zero attached hydrogens (tertiary/aromatic N) is 2. The Bertz CT molecular complexity index is 857. The van der Waals surface area contributed by atoms with E-state index in [0.717, 1.165) is 44.8 Å². The third kappa shape index (κ3) is 6.04. The van der Waals surface area contributed by atoms with Gasteiger partial charge < -0.3 is 9.30 Å². The smallest absolute Gasteiger partial charge is 0.123 e. The van der Waals surface area contributed by atoms with Crippen molar-refractivity contribution in [3.8, 4) is 0 Å². The molecule has 0 atom stereocenters. The molecule has 0 fully saturated rings. The predicted octanol–water partition coefficient (Wildman–Crippen LogP) is 5.02. The lowest BCUT2D eigenvalue weighted by Crippen LogP contribution is -2.26. The van der Waals surface area contributed by atoms with Gasteiger partial charge in [0.25, 0.3) is 0 Å². The summed E-state index contributed by atoms with van der Waals surface area (Å²) in [5.41, 5.74) is 4.99. The number of aromatic nitrogens is 1. The summed E-state index contributed by atoms with van der Waals surface area (Å²) in [7, 11) is 1.73. The van der Waals surface area contributed by atoms with Crippen LogP contribution in [-0.4, -0.2) is 29.7 Å². The van der Waals surface area contributed by atoms with Crippen LogP contribution >= 0.6 is 0 Å². The summed E-state index contributed by atoms with van der Waals surface area (Å²) in [4.78, 5) is 2.40. The van der Waals surface area contributed by atoms with Gasteiger partial charge in [-0.25, -0.2) is 4.39 Å². The van der Waals surface area contributed by atoms with E-state index in [2.05, 4.69) is 59.0 Å². The Morgan fingerprint density at radius 3 is 2.54 bits per heavy atom. The van der Waals surface area contributed by atoms with Gasteiger partial charge in [0.05, 0.1) is 0 Å². The molecule has 0 N–H and O–H groups in total. The van der Waals surface area contributed by atoms with Gasteiger partial charge in [0, 0.05) is 51.8 Å². The van der Waals surface area contributed by atoms with Gasteiger partial charge in [0.1, 0.15) is 5.82 Å². The summed E-state index contributed by atoms with van der Waals surface area (Å²) < 4.78 is 20.8. The van der Waals surface area contributed by atoms with Crippen molar-refractivity contribution >= 4 is 0 Å². The van der Waals surface area contributed by atoms with Crippen molar-refractivity contribution in [2.75, 3.05) is 20.3 Å². The molecule has 0 radical (unpaired) electrons. The topological polar surface area (TPSA) is 17.4 Å². The van der Waals surface area contributed by atoms with E-state index in [-0.39, 0.29) is 5.82 Å². The fourth-order valence-corrected chi connectivity index (χ4v) is 3.48. The molecule has 0 saturated carbocycles. The number of hydrogen-bond donors (Lipinski definition) is 0. The first kappa shape index (κ1) is 20.3. The van der Waals surface area contributed by atoms with E-state index in [1.807, 2.05) is 12.1 Å². The molecule has 1 aromatic heterocycles. The minimum absolute atomic E-state index is 0.193. The lowest BCUT2D eigenvalue weighted by Gasteiger charge is -2.23. The Labute approximate surface area is 167 Å². The van der Waals surface area contributed by atoms with Crippen LogP contribution in [0.2, 0.25) is 0 Å². The van der Waals surface area contributed by atoms with Gasteiger partial charge in [-0.15, -0.1) is 0 Å². The van der Waals surface area contributed by atoms with Crippen molar-refractivity contribution in [1.29, 1.82) is 0 Å². The molecule has 3 rings (SSSR count). The highest BCUT2D eigenvalue weighted by atomic mass is 19.1. The molecule has 3 aromatic rings. The summed E-state index contributed by atoms with van der Waals surface area (Å²) in [5.74, 6) is -0.193. The molecular formula is C24H29FN2O. The van der Waals surface area contributed by atoms with E-state index in [1.165, 1.54) is 29.0 Å². The summed E-state index contributed by atoms with van der Waals surface area (Å²) in [6.07, 6.45) is 3.11.